The van der Waals surface area contributed by atoms with Crippen molar-refractivity contribution in [3.8, 4) is 0 Å². The Morgan fingerprint density at radius 3 is 2.85 bits per heavy atom. The zero-order valence-corrected chi connectivity index (χ0v) is 13.4. The monoisotopic (exact) mass is 340 g/mol. The van der Waals surface area contributed by atoms with Crippen LogP contribution in [0.25, 0.3) is 0 Å². The van der Waals surface area contributed by atoms with Gasteiger partial charge in [-0.2, -0.15) is 0 Å². The molecule has 0 spiro atoms. The second kappa shape index (κ2) is 7.76. The van der Waals surface area contributed by atoms with E-state index in [1.165, 1.54) is 5.56 Å². The smallest absolute Gasteiger partial charge is 0.234 e. The Morgan fingerprint density at radius 2 is 2.20 bits per heavy atom. The molecule has 0 radical (unpaired) electrons. The van der Waals surface area contributed by atoms with Crippen molar-refractivity contribution in [2.75, 3.05) is 26.7 Å². The lowest BCUT2D eigenvalue weighted by Crippen LogP contribution is -2.38. The standard InChI is InChI=1S/C15H21BrN2O2/c1-18(10-12-4-6-13(16)7-5-12)11-15(19)17-9-14-3-2-8-20-14/h4-7,14H,2-3,8-11H2,1H3,(H,17,19). The third kappa shape index (κ3) is 5.23. The Kier molecular flexibility index (Phi) is 6.01. The highest BCUT2D eigenvalue weighted by Gasteiger charge is 2.16. The second-order valence-corrected chi connectivity index (χ2v) is 6.15. The molecule has 110 valence electrons. The van der Waals surface area contributed by atoms with Crippen molar-refractivity contribution in [1.82, 2.24) is 10.2 Å². The van der Waals surface area contributed by atoms with Crippen LogP contribution in [-0.4, -0.2) is 43.7 Å². The van der Waals surface area contributed by atoms with Crippen LogP contribution in [0, 0.1) is 0 Å². The highest BCUT2D eigenvalue weighted by molar-refractivity contribution is 9.10. The van der Waals surface area contributed by atoms with Crippen LogP contribution >= 0.6 is 15.9 Å². The van der Waals surface area contributed by atoms with E-state index in [9.17, 15) is 4.79 Å². The first-order valence-corrected chi connectivity index (χ1v) is 7.74. The summed E-state index contributed by atoms with van der Waals surface area (Å²) in [6, 6.07) is 8.15. The fourth-order valence-electron chi connectivity index (χ4n) is 2.29. The molecule has 0 bridgehead atoms. The SMILES string of the molecule is CN(CC(=O)NCC1CCCO1)Cc1ccc(Br)cc1. The largest absolute Gasteiger partial charge is 0.376 e. The molecule has 1 aliphatic rings. The zero-order valence-electron chi connectivity index (χ0n) is 11.8. The van der Waals surface area contributed by atoms with Gasteiger partial charge in [0.2, 0.25) is 5.91 Å². The molecule has 1 atom stereocenters. The molecule has 0 aliphatic carbocycles. The molecule has 20 heavy (non-hydrogen) atoms. The molecule has 1 amide bonds. The van der Waals surface area contributed by atoms with Crippen LogP contribution in [0.1, 0.15) is 18.4 Å². The number of hydrogen-bond acceptors (Lipinski definition) is 3. The number of nitrogens with zero attached hydrogens (tertiary/aromatic N) is 1. The molecule has 4 nitrogen and oxygen atoms in total. The third-order valence-electron chi connectivity index (χ3n) is 3.33. The molecule has 1 saturated heterocycles. The summed E-state index contributed by atoms with van der Waals surface area (Å²) in [5, 5.41) is 2.94. The summed E-state index contributed by atoms with van der Waals surface area (Å²) in [5.41, 5.74) is 1.20. The van der Waals surface area contributed by atoms with Gasteiger partial charge in [-0.05, 0) is 37.6 Å². The van der Waals surface area contributed by atoms with Gasteiger partial charge in [-0.25, -0.2) is 0 Å². The van der Waals surface area contributed by atoms with Gasteiger partial charge >= 0.3 is 0 Å². The fourth-order valence-corrected chi connectivity index (χ4v) is 2.56. The zero-order chi connectivity index (χ0) is 14.4. The maximum atomic E-state index is 11.8. The number of carbonyl (C=O) groups excluding carboxylic acids is 1. The summed E-state index contributed by atoms with van der Waals surface area (Å²) in [6.07, 6.45) is 2.36. The molecule has 2 rings (SSSR count). The summed E-state index contributed by atoms with van der Waals surface area (Å²) in [7, 11) is 1.95. The van der Waals surface area contributed by atoms with Gasteiger partial charge in [-0.3, -0.25) is 9.69 Å². The summed E-state index contributed by atoms with van der Waals surface area (Å²) >= 11 is 3.42. The van der Waals surface area contributed by atoms with Crippen molar-refractivity contribution < 1.29 is 9.53 Å². The maximum Gasteiger partial charge on any atom is 0.234 e. The van der Waals surface area contributed by atoms with Crippen molar-refractivity contribution in [3.63, 3.8) is 0 Å². The van der Waals surface area contributed by atoms with Crippen molar-refractivity contribution >= 4 is 21.8 Å². The van der Waals surface area contributed by atoms with Gasteiger partial charge in [0.05, 0.1) is 12.6 Å². The van der Waals surface area contributed by atoms with Gasteiger partial charge in [-0.1, -0.05) is 28.1 Å². The number of likely N-dealkylation sites (N-methyl/N-ethyl adjacent to an activating group) is 1. The number of nitrogens with one attached hydrogen (secondary N) is 1. The van der Waals surface area contributed by atoms with E-state index >= 15 is 0 Å². The highest BCUT2D eigenvalue weighted by atomic mass is 79.9. The Hall–Kier alpha value is -0.910. The van der Waals surface area contributed by atoms with E-state index < -0.39 is 0 Å². The van der Waals surface area contributed by atoms with E-state index in [1.54, 1.807) is 0 Å². The maximum absolute atomic E-state index is 11.8. The van der Waals surface area contributed by atoms with Gasteiger partial charge in [0, 0.05) is 24.2 Å². The topological polar surface area (TPSA) is 41.6 Å². The molecule has 0 aromatic heterocycles. The fraction of sp³-hybridized carbons (Fsp3) is 0.533. The minimum absolute atomic E-state index is 0.0557. The predicted octanol–water partition coefficient (Wildman–Crippen LogP) is 2.18. The number of hydrogen-bond donors (Lipinski definition) is 1. The van der Waals surface area contributed by atoms with Crippen molar-refractivity contribution in [1.29, 1.82) is 0 Å². The summed E-state index contributed by atoms with van der Waals surface area (Å²) in [4.78, 5) is 13.8. The average molecular weight is 341 g/mol. The number of amides is 1. The van der Waals surface area contributed by atoms with Crippen LogP contribution in [0.5, 0.6) is 0 Å². The first-order valence-electron chi connectivity index (χ1n) is 6.95. The molecule has 1 unspecified atom stereocenters. The van der Waals surface area contributed by atoms with Crippen molar-refractivity contribution in [3.05, 3.63) is 34.3 Å². The average Bonchev–Trinajstić information content (AvgIpc) is 2.92. The first-order chi connectivity index (χ1) is 9.63. The van der Waals surface area contributed by atoms with E-state index in [0.717, 1.165) is 30.5 Å². The normalized spacial score (nSPS) is 18.4. The van der Waals surface area contributed by atoms with Crippen molar-refractivity contribution in [2.45, 2.75) is 25.5 Å². The number of carbonyl (C=O) groups is 1. The highest BCUT2D eigenvalue weighted by Crippen LogP contribution is 2.12. The number of rotatable bonds is 6. The van der Waals surface area contributed by atoms with Gasteiger partial charge in [0.1, 0.15) is 0 Å². The lowest BCUT2D eigenvalue weighted by atomic mass is 10.2. The minimum Gasteiger partial charge on any atom is -0.376 e. The predicted molar refractivity (Wildman–Crippen MR) is 82.5 cm³/mol. The summed E-state index contributed by atoms with van der Waals surface area (Å²) in [6.45, 7) is 2.62. The molecule has 1 aromatic rings. The molecule has 5 heteroatoms. The Labute approximate surface area is 128 Å². The van der Waals surface area contributed by atoms with E-state index in [1.807, 2.05) is 24.1 Å². The van der Waals surface area contributed by atoms with Crippen molar-refractivity contribution in [2.24, 2.45) is 0 Å². The van der Waals surface area contributed by atoms with Gasteiger partial charge in [-0.15, -0.1) is 0 Å². The van der Waals surface area contributed by atoms with Crippen LogP contribution in [-0.2, 0) is 16.1 Å². The molecule has 1 aliphatic heterocycles. The van der Waals surface area contributed by atoms with Gasteiger partial charge in [0.25, 0.3) is 0 Å². The summed E-state index contributed by atoms with van der Waals surface area (Å²) in [5.74, 6) is 0.0557. The number of ether oxygens (including phenoxy) is 1. The molecular formula is C15H21BrN2O2. The lowest BCUT2D eigenvalue weighted by molar-refractivity contribution is -0.122. The van der Waals surface area contributed by atoms with Crippen LogP contribution in [0.3, 0.4) is 0 Å². The number of benzene rings is 1. The third-order valence-corrected chi connectivity index (χ3v) is 3.86. The van der Waals surface area contributed by atoms with E-state index in [4.69, 9.17) is 4.74 Å². The Balaban J connectivity index is 1.68. The molecule has 0 saturated carbocycles. The molecule has 1 N–H and O–H groups in total. The van der Waals surface area contributed by atoms with Crippen LogP contribution in [0.2, 0.25) is 0 Å². The Bertz CT molecular complexity index is 430. The van der Waals surface area contributed by atoms with E-state index in [-0.39, 0.29) is 12.0 Å². The first kappa shape index (κ1) is 15.5. The van der Waals surface area contributed by atoms with Gasteiger partial charge in [0.15, 0.2) is 0 Å². The van der Waals surface area contributed by atoms with E-state index in [2.05, 4.69) is 33.4 Å². The second-order valence-electron chi connectivity index (χ2n) is 5.24. The molecule has 1 heterocycles. The summed E-state index contributed by atoms with van der Waals surface area (Å²) < 4.78 is 6.55. The minimum atomic E-state index is 0.0557. The van der Waals surface area contributed by atoms with Crippen LogP contribution in [0.4, 0.5) is 0 Å². The van der Waals surface area contributed by atoms with Crippen LogP contribution < -0.4 is 5.32 Å². The molecule has 1 fully saturated rings. The van der Waals surface area contributed by atoms with E-state index in [0.29, 0.717) is 13.1 Å². The molecular weight excluding hydrogens is 320 g/mol. The lowest BCUT2D eigenvalue weighted by Gasteiger charge is -2.17. The van der Waals surface area contributed by atoms with Crippen LogP contribution in [0.15, 0.2) is 28.7 Å². The number of halogens is 1. The Morgan fingerprint density at radius 1 is 1.45 bits per heavy atom. The quantitative estimate of drug-likeness (QED) is 0.862. The van der Waals surface area contributed by atoms with Gasteiger partial charge < -0.3 is 10.1 Å². The molecule has 1 aromatic carbocycles.